The van der Waals surface area contributed by atoms with Gasteiger partial charge in [0.2, 0.25) is 5.91 Å². The highest BCUT2D eigenvalue weighted by atomic mass is 32.2. The van der Waals surface area contributed by atoms with Crippen LogP contribution in [-0.4, -0.2) is 29.2 Å². The van der Waals surface area contributed by atoms with Crippen LogP contribution in [0.5, 0.6) is 0 Å². The number of pyridine rings is 1. The Morgan fingerprint density at radius 3 is 2.26 bits per heavy atom. The maximum atomic E-state index is 12.8. The molecular weight excluding hydrogens is 528 g/mol. The van der Waals surface area contributed by atoms with Crippen molar-refractivity contribution in [2.75, 3.05) is 17.7 Å². The van der Waals surface area contributed by atoms with Gasteiger partial charge in [0, 0.05) is 23.3 Å². The summed E-state index contributed by atoms with van der Waals surface area (Å²) < 4.78 is 5.06. The van der Waals surface area contributed by atoms with Crippen molar-refractivity contribution in [3.8, 4) is 34.5 Å². The van der Waals surface area contributed by atoms with Crippen molar-refractivity contribution >= 4 is 40.0 Å². The van der Waals surface area contributed by atoms with E-state index in [1.54, 1.807) is 13.8 Å². The second kappa shape index (κ2) is 12.9. The molecule has 0 aliphatic carbocycles. The minimum Gasteiger partial charge on any atom is -0.462 e. The highest BCUT2D eigenvalue weighted by molar-refractivity contribution is 7.99. The predicted molar refractivity (Wildman–Crippen MR) is 154 cm³/mol. The standard InChI is InChI=1S/C30H24N4O3S2/c1-3-37-30(36)27-19(2)23(17-31)29(39-27)34-26(35)14-15-38-28-24(18-32)22(20-10-6-4-7-11-20)16-25(33-28)21-12-8-5-9-13-21/h4-13,16H,3,14-15H2,1-2H3,(H,34,35). The number of nitrogens with one attached hydrogen (secondary N) is 1. The first-order chi connectivity index (χ1) is 19.0. The molecule has 39 heavy (non-hydrogen) atoms. The Balaban J connectivity index is 1.55. The monoisotopic (exact) mass is 552 g/mol. The number of hydrogen-bond acceptors (Lipinski definition) is 8. The van der Waals surface area contributed by atoms with E-state index >= 15 is 0 Å². The van der Waals surface area contributed by atoms with Crippen molar-refractivity contribution in [1.29, 1.82) is 10.5 Å². The van der Waals surface area contributed by atoms with Gasteiger partial charge in [-0.1, -0.05) is 60.7 Å². The van der Waals surface area contributed by atoms with Crippen molar-refractivity contribution in [1.82, 2.24) is 4.98 Å². The van der Waals surface area contributed by atoms with Gasteiger partial charge >= 0.3 is 5.97 Å². The first-order valence-corrected chi connectivity index (χ1v) is 14.0. The van der Waals surface area contributed by atoms with E-state index in [1.807, 2.05) is 66.7 Å². The van der Waals surface area contributed by atoms with Crippen LogP contribution in [0.3, 0.4) is 0 Å². The Morgan fingerprint density at radius 2 is 1.64 bits per heavy atom. The van der Waals surface area contributed by atoms with E-state index in [0.29, 0.717) is 31.8 Å². The summed E-state index contributed by atoms with van der Waals surface area (Å²) in [5.41, 5.74) is 4.53. The summed E-state index contributed by atoms with van der Waals surface area (Å²) in [6.45, 7) is 3.58. The zero-order valence-electron chi connectivity index (χ0n) is 21.4. The van der Waals surface area contributed by atoms with Crippen LogP contribution in [-0.2, 0) is 9.53 Å². The average Bonchev–Trinajstić information content (AvgIpc) is 3.28. The normalized spacial score (nSPS) is 10.4. The number of hydrogen-bond donors (Lipinski definition) is 1. The zero-order valence-corrected chi connectivity index (χ0v) is 23.0. The summed E-state index contributed by atoms with van der Waals surface area (Å²) in [6.07, 6.45) is 0.115. The topological polar surface area (TPSA) is 116 Å². The number of amides is 1. The lowest BCUT2D eigenvalue weighted by Crippen LogP contribution is -2.12. The molecule has 7 nitrogen and oxygen atoms in total. The molecule has 0 fully saturated rings. The van der Waals surface area contributed by atoms with Crippen LogP contribution in [0.25, 0.3) is 22.4 Å². The van der Waals surface area contributed by atoms with Crippen LogP contribution in [0.15, 0.2) is 71.8 Å². The number of thiophene rings is 1. The number of aromatic nitrogens is 1. The van der Waals surface area contributed by atoms with Crippen LogP contribution in [0.2, 0.25) is 0 Å². The van der Waals surface area contributed by atoms with Gasteiger partial charge in [-0.2, -0.15) is 10.5 Å². The first-order valence-electron chi connectivity index (χ1n) is 12.2. The second-order valence-electron chi connectivity index (χ2n) is 8.32. The molecule has 0 aliphatic rings. The number of ether oxygens (including phenoxy) is 1. The number of nitrogens with zero attached hydrogens (tertiary/aromatic N) is 3. The number of carbonyl (C=O) groups is 2. The Hall–Kier alpha value is -4.44. The molecule has 9 heteroatoms. The molecular formula is C30H24N4O3S2. The van der Waals surface area contributed by atoms with Gasteiger partial charge in [0.25, 0.3) is 0 Å². The number of thioether (sulfide) groups is 1. The van der Waals surface area contributed by atoms with Gasteiger partial charge in [0.15, 0.2) is 0 Å². The number of esters is 1. The fourth-order valence-corrected chi connectivity index (χ4v) is 5.90. The van der Waals surface area contributed by atoms with Crippen LogP contribution in [0.1, 0.15) is 39.7 Å². The third-order valence-corrected chi connectivity index (χ3v) is 7.96. The lowest BCUT2D eigenvalue weighted by atomic mass is 9.99. The molecule has 1 amide bonds. The minimum absolute atomic E-state index is 0.115. The molecule has 1 N–H and O–H groups in total. The smallest absolute Gasteiger partial charge is 0.348 e. The Labute approximate surface area is 235 Å². The summed E-state index contributed by atoms with van der Waals surface area (Å²) in [5.74, 6) is -0.469. The van der Waals surface area contributed by atoms with E-state index < -0.39 is 5.97 Å². The van der Waals surface area contributed by atoms with Gasteiger partial charge in [0.05, 0.1) is 23.4 Å². The van der Waals surface area contributed by atoms with Crippen LogP contribution < -0.4 is 5.32 Å². The summed E-state index contributed by atoms with van der Waals surface area (Å²) in [4.78, 5) is 30.1. The largest absolute Gasteiger partial charge is 0.462 e. The number of carbonyl (C=O) groups excluding carboxylic acids is 2. The number of nitriles is 2. The van der Waals surface area contributed by atoms with Crippen molar-refractivity contribution in [3.05, 3.63) is 88.3 Å². The van der Waals surface area contributed by atoms with Crippen LogP contribution in [0.4, 0.5) is 5.00 Å². The lowest BCUT2D eigenvalue weighted by molar-refractivity contribution is -0.115. The zero-order chi connectivity index (χ0) is 27.8. The van der Waals surface area contributed by atoms with Crippen LogP contribution >= 0.6 is 23.1 Å². The quantitative estimate of drug-likeness (QED) is 0.179. The van der Waals surface area contributed by atoms with Crippen molar-refractivity contribution in [2.45, 2.75) is 25.3 Å². The lowest BCUT2D eigenvalue weighted by Gasteiger charge is -2.12. The maximum absolute atomic E-state index is 12.8. The third kappa shape index (κ3) is 6.35. The van der Waals surface area contributed by atoms with Gasteiger partial charge in [-0.25, -0.2) is 9.78 Å². The van der Waals surface area contributed by atoms with E-state index in [-0.39, 0.29) is 24.5 Å². The highest BCUT2D eigenvalue weighted by Crippen LogP contribution is 2.35. The molecule has 0 unspecified atom stereocenters. The first kappa shape index (κ1) is 27.6. The van der Waals surface area contributed by atoms with Crippen molar-refractivity contribution in [2.24, 2.45) is 0 Å². The molecule has 4 aromatic rings. The third-order valence-electron chi connectivity index (χ3n) is 5.79. The van der Waals surface area contributed by atoms with Gasteiger partial charge in [-0.3, -0.25) is 4.79 Å². The summed E-state index contributed by atoms with van der Waals surface area (Å²) in [6, 6.07) is 25.7. The van der Waals surface area contributed by atoms with Crippen molar-refractivity contribution in [3.63, 3.8) is 0 Å². The summed E-state index contributed by atoms with van der Waals surface area (Å²) in [7, 11) is 0. The van der Waals surface area contributed by atoms with E-state index in [2.05, 4.69) is 17.5 Å². The molecule has 194 valence electrons. The molecule has 0 aliphatic heterocycles. The molecule has 0 radical (unpaired) electrons. The minimum atomic E-state index is -0.518. The van der Waals surface area contributed by atoms with Gasteiger partial charge in [-0.15, -0.1) is 23.1 Å². The number of benzene rings is 2. The fraction of sp³-hybridized carbons (Fsp3) is 0.167. The summed E-state index contributed by atoms with van der Waals surface area (Å²) in [5, 5.41) is 23.2. The van der Waals surface area contributed by atoms with E-state index in [0.717, 1.165) is 33.7 Å². The Morgan fingerprint density at radius 1 is 1.00 bits per heavy atom. The number of rotatable bonds is 9. The molecule has 2 aromatic carbocycles. The highest BCUT2D eigenvalue weighted by Gasteiger charge is 2.22. The van der Waals surface area contributed by atoms with Gasteiger partial charge in [0.1, 0.15) is 27.0 Å². The fourth-order valence-electron chi connectivity index (χ4n) is 3.89. The Bertz CT molecular complexity index is 1590. The molecule has 0 atom stereocenters. The summed E-state index contributed by atoms with van der Waals surface area (Å²) >= 11 is 2.36. The predicted octanol–water partition coefficient (Wildman–Crippen LogP) is 6.83. The van der Waals surface area contributed by atoms with E-state index in [1.165, 1.54) is 11.8 Å². The Kier molecular flexibility index (Phi) is 9.11. The van der Waals surface area contributed by atoms with Crippen molar-refractivity contribution < 1.29 is 14.3 Å². The molecule has 0 bridgehead atoms. The van der Waals surface area contributed by atoms with E-state index in [9.17, 15) is 20.1 Å². The number of anilines is 1. The SMILES string of the molecule is CCOC(=O)c1sc(NC(=O)CCSc2nc(-c3ccccc3)cc(-c3ccccc3)c2C#N)c(C#N)c1C. The van der Waals surface area contributed by atoms with E-state index in [4.69, 9.17) is 9.72 Å². The molecule has 0 spiro atoms. The van der Waals surface area contributed by atoms with Gasteiger partial charge in [-0.05, 0) is 31.0 Å². The molecule has 2 aromatic heterocycles. The van der Waals surface area contributed by atoms with Crippen LogP contribution in [0, 0.1) is 29.6 Å². The molecule has 2 heterocycles. The molecule has 4 rings (SSSR count). The second-order valence-corrected chi connectivity index (χ2v) is 10.4. The maximum Gasteiger partial charge on any atom is 0.348 e. The molecule has 0 saturated heterocycles. The molecule has 0 saturated carbocycles. The average molecular weight is 553 g/mol. The van der Waals surface area contributed by atoms with Gasteiger partial charge < -0.3 is 10.1 Å².